The van der Waals surface area contributed by atoms with Crippen molar-refractivity contribution in [2.45, 2.75) is 40.0 Å². The lowest BCUT2D eigenvalue weighted by molar-refractivity contribution is 0.0583. The van der Waals surface area contributed by atoms with Crippen molar-refractivity contribution in [3.05, 3.63) is 23.9 Å². The quantitative estimate of drug-likeness (QED) is 0.918. The number of hydrogen-bond acceptors (Lipinski definition) is 3. The molecule has 0 unspecified atom stereocenters. The van der Waals surface area contributed by atoms with Crippen LogP contribution in [0.1, 0.15) is 50.4 Å². The minimum absolute atomic E-state index is 0.104. The highest BCUT2D eigenvalue weighted by molar-refractivity contribution is 5.94. The van der Waals surface area contributed by atoms with Crippen LogP contribution in [0, 0.1) is 5.41 Å². The van der Waals surface area contributed by atoms with E-state index in [0.717, 1.165) is 38.3 Å². The van der Waals surface area contributed by atoms with E-state index in [1.165, 1.54) is 6.42 Å². The summed E-state index contributed by atoms with van der Waals surface area (Å²) in [5.74, 6) is 0.940. The van der Waals surface area contributed by atoms with E-state index >= 15 is 0 Å². The van der Waals surface area contributed by atoms with Gasteiger partial charge >= 0.3 is 0 Å². The highest BCUT2D eigenvalue weighted by atomic mass is 16.2. The van der Waals surface area contributed by atoms with Crippen LogP contribution in [0.2, 0.25) is 0 Å². The highest BCUT2D eigenvalue weighted by Crippen LogP contribution is 2.29. The molecule has 1 saturated heterocycles. The molecule has 1 amide bonds. The summed E-state index contributed by atoms with van der Waals surface area (Å²) >= 11 is 0. The van der Waals surface area contributed by atoms with Crippen molar-refractivity contribution in [2.75, 3.05) is 25.0 Å². The van der Waals surface area contributed by atoms with Gasteiger partial charge in [0.25, 0.3) is 5.91 Å². The molecule has 1 fully saturated rings. The molecule has 0 aromatic carbocycles. The van der Waals surface area contributed by atoms with Crippen molar-refractivity contribution in [1.82, 2.24) is 9.88 Å². The molecule has 1 aliphatic rings. The van der Waals surface area contributed by atoms with Crippen molar-refractivity contribution >= 4 is 11.7 Å². The summed E-state index contributed by atoms with van der Waals surface area (Å²) < 4.78 is 0. The highest BCUT2D eigenvalue weighted by Gasteiger charge is 2.29. The number of rotatable bonds is 4. The van der Waals surface area contributed by atoms with Gasteiger partial charge in [0.05, 0.1) is 5.56 Å². The van der Waals surface area contributed by atoms with Gasteiger partial charge in [-0.05, 0) is 36.8 Å². The number of pyridine rings is 1. The molecule has 0 spiro atoms. The SMILES string of the molecule is CCCNc1ccc(C(=O)N2CCCC(C)(C)C2)cn1. The Balaban J connectivity index is 2.01. The average molecular weight is 275 g/mol. The minimum atomic E-state index is 0.104. The van der Waals surface area contributed by atoms with Crippen LogP contribution in [-0.2, 0) is 0 Å². The van der Waals surface area contributed by atoms with Gasteiger partial charge in [-0.25, -0.2) is 4.98 Å². The summed E-state index contributed by atoms with van der Waals surface area (Å²) in [6, 6.07) is 3.76. The Labute approximate surface area is 121 Å². The maximum atomic E-state index is 12.5. The zero-order chi connectivity index (χ0) is 14.6. The first kappa shape index (κ1) is 14.8. The number of anilines is 1. The molecule has 0 saturated carbocycles. The number of carbonyl (C=O) groups is 1. The molecule has 1 aliphatic heterocycles. The summed E-state index contributed by atoms with van der Waals surface area (Å²) in [5, 5.41) is 3.22. The third-order valence-corrected chi connectivity index (χ3v) is 3.75. The molecule has 1 aromatic heterocycles. The molecule has 0 atom stereocenters. The third-order valence-electron chi connectivity index (χ3n) is 3.75. The maximum Gasteiger partial charge on any atom is 0.255 e. The van der Waals surface area contributed by atoms with Gasteiger partial charge in [-0.1, -0.05) is 20.8 Å². The molecule has 110 valence electrons. The molecule has 2 heterocycles. The van der Waals surface area contributed by atoms with Crippen LogP contribution < -0.4 is 5.32 Å². The van der Waals surface area contributed by atoms with Crippen molar-refractivity contribution in [3.63, 3.8) is 0 Å². The topological polar surface area (TPSA) is 45.2 Å². The van der Waals surface area contributed by atoms with E-state index in [-0.39, 0.29) is 11.3 Å². The Kier molecular flexibility index (Phi) is 4.63. The van der Waals surface area contributed by atoms with E-state index in [1.807, 2.05) is 17.0 Å². The summed E-state index contributed by atoms with van der Waals surface area (Å²) in [6.45, 7) is 9.16. The number of hydrogen-bond donors (Lipinski definition) is 1. The largest absolute Gasteiger partial charge is 0.370 e. The molecular weight excluding hydrogens is 250 g/mol. The van der Waals surface area contributed by atoms with Crippen LogP contribution >= 0.6 is 0 Å². The lowest BCUT2D eigenvalue weighted by Crippen LogP contribution is -2.43. The second-order valence-electron chi connectivity index (χ2n) is 6.35. The summed E-state index contributed by atoms with van der Waals surface area (Å²) in [7, 11) is 0. The van der Waals surface area contributed by atoms with E-state index in [9.17, 15) is 4.79 Å². The first-order valence-corrected chi connectivity index (χ1v) is 7.51. The molecule has 1 aromatic rings. The minimum Gasteiger partial charge on any atom is -0.370 e. The van der Waals surface area contributed by atoms with Gasteiger partial charge in [0, 0.05) is 25.8 Å². The number of carbonyl (C=O) groups excluding carboxylic acids is 1. The van der Waals surface area contributed by atoms with Crippen LogP contribution in [0.4, 0.5) is 5.82 Å². The number of piperidine rings is 1. The summed E-state index contributed by atoms with van der Waals surface area (Å²) in [5.41, 5.74) is 0.911. The Morgan fingerprint density at radius 3 is 2.85 bits per heavy atom. The second-order valence-corrected chi connectivity index (χ2v) is 6.35. The van der Waals surface area contributed by atoms with Gasteiger partial charge in [0.1, 0.15) is 5.82 Å². The number of nitrogens with one attached hydrogen (secondary N) is 1. The molecule has 1 N–H and O–H groups in total. The molecule has 2 rings (SSSR count). The van der Waals surface area contributed by atoms with E-state index in [2.05, 4.69) is 31.1 Å². The Hall–Kier alpha value is -1.58. The first-order valence-electron chi connectivity index (χ1n) is 7.51. The predicted octanol–water partition coefficient (Wildman–Crippen LogP) is 3.17. The Morgan fingerprint density at radius 1 is 1.45 bits per heavy atom. The predicted molar refractivity (Wildman–Crippen MR) is 81.9 cm³/mol. The summed E-state index contributed by atoms with van der Waals surface area (Å²) in [4.78, 5) is 18.7. The molecule has 20 heavy (non-hydrogen) atoms. The Morgan fingerprint density at radius 2 is 2.25 bits per heavy atom. The Bertz CT molecular complexity index is 453. The van der Waals surface area contributed by atoms with Gasteiger partial charge in [-0.3, -0.25) is 4.79 Å². The van der Waals surface area contributed by atoms with Crippen LogP contribution in [-0.4, -0.2) is 35.4 Å². The lowest BCUT2D eigenvalue weighted by Gasteiger charge is -2.38. The molecular formula is C16H25N3O. The molecule has 0 aliphatic carbocycles. The van der Waals surface area contributed by atoms with E-state index < -0.39 is 0 Å². The lowest BCUT2D eigenvalue weighted by atomic mass is 9.84. The zero-order valence-corrected chi connectivity index (χ0v) is 12.8. The zero-order valence-electron chi connectivity index (χ0n) is 12.8. The van der Waals surface area contributed by atoms with Gasteiger partial charge in [0.15, 0.2) is 0 Å². The number of amides is 1. The van der Waals surface area contributed by atoms with Gasteiger partial charge in [0.2, 0.25) is 0 Å². The second kappa shape index (κ2) is 6.25. The fourth-order valence-electron chi connectivity index (χ4n) is 2.66. The fourth-order valence-corrected chi connectivity index (χ4v) is 2.66. The van der Waals surface area contributed by atoms with Crippen molar-refractivity contribution in [2.24, 2.45) is 5.41 Å². The van der Waals surface area contributed by atoms with Gasteiger partial charge in [-0.2, -0.15) is 0 Å². The summed E-state index contributed by atoms with van der Waals surface area (Å²) in [6.07, 6.45) is 5.02. The van der Waals surface area contributed by atoms with Crippen LogP contribution in [0.25, 0.3) is 0 Å². The van der Waals surface area contributed by atoms with E-state index in [0.29, 0.717) is 5.56 Å². The maximum absolute atomic E-state index is 12.5. The standard InChI is InChI=1S/C16H25N3O/c1-4-9-17-14-7-6-13(11-18-14)15(20)19-10-5-8-16(2,3)12-19/h6-7,11H,4-5,8-10,12H2,1-3H3,(H,17,18). The number of aromatic nitrogens is 1. The molecule has 4 heteroatoms. The molecule has 0 bridgehead atoms. The van der Waals surface area contributed by atoms with E-state index in [4.69, 9.17) is 0 Å². The van der Waals surface area contributed by atoms with Crippen molar-refractivity contribution in [1.29, 1.82) is 0 Å². The smallest absolute Gasteiger partial charge is 0.255 e. The number of nitrogens with zero attached hydrogens (tertiary/aromatic N) is 2. The molecule has 4 nitrogen and oxygen atoms in total. The van der Waals surface area contributed by atoms with Crippen molar-refractivity contribution < 1.29 is 4.79 Å². The van der Waals surface area contributed by atoms with Gasteiger partial charge < -0.3 is 10.2 Å². The van der Waals surface area contributed by atoms with Gasteiger partial charge in [-0.15, -0.1) is 0 Å². The normalized spacial score (nSPS) is 17.9. The van der Waals surface area contributed by atoms with E-state index in [1.54, 1.807) is 6.20 Å². The molecule has 0 radical (unpaired) electrons. The van der Waals surface area contributed by atoms with Crippen molar-refractivity contribution in [3.8, 4) is 0 Å². The monoisotopic (exact) mass is 275 g/mol. The third kappa shape index (κ3) is 3.71. The number of likely N-dealkylation sites (tertiary alicyclic amines) is 1. The van der Waals surface area contributed by atoms with Crippen LogP contribution in [0.15, 0.2) is 18.3 Å². The fraction of sp³-hybridized carbons (Fsp3) is 0.625. The average Bonchev–Trinajstić information content (AvgIpc) is 2.44. The van der Waals surface area contributed by atoms with Crippen LogP contribution in [0.5, 0.6) is 0 Å². The van der Waals surface area contributed by atoms with Crippen LogP contribution in [0.3, 0.4) is 0 Å². The first-order chi connectivity index (χ1) is 9.52.